The summed E-state index contributed by atoms with van der Waals surface area (Å²) in [5.41, 5.74) is 2.86. The second kappa shape index (κ2) is 11.1. The Morgan fingerprint density at radius 3 is 2.55 bits per heavy atom. The van der Waals surface area contributed by atoms with Crippen molar-refractivity contribution in [2.24, 2.45) is 0 Å². The largest absolute Gasteiger partial charge is 0.491 e. The van der Waals surface area contributed by atoms with E-state index < -0.39 is 11.4 Å². The Morgan fingerprint density at radius 1 is 0.952 bits per heavy atom. The third-order valence-corrected chi connectivity index (χ3v) is 6.80. The minimum absolute atomic E-state index is 0.0313. The monoisotopic (exact) mass is 561 g/mol. The topological polar surface area (TPSA) is 93.6 Å². The van der Waals surface area contributed by atoms with Crippen LogP contribution in [0.15, 0.2) is 97.3 Å². The minimum Gasteiger partial charge on any atom is -0.491 e. The molecule has 2 aromatic heterocycles. The van der Waals surface area contributed by atoms with E-state index in [9.17, 15) is 9.90 Å². The van der Waals surface area contributed by atoms with Crippen molar-refractivity contribution in [1.29, 1.82) is 0 Å². The Kier molecular flexibility index (Phi) is 7.14. The molecule has 2 N–H and O–H groups in total. The van der Waals surface area contributed by atoms with Crippen molar-refractivity contribution in [2.75, 3.05) is 11.9 Å². The summed E-state index contributed by atoms with van der Waals surface area (Å²) in [4.78, 5) is 22.3. The zero-order valence-electron chi connectivity index (χ0n) is 23.1. The molecule has 3 aromatic carbocycles. The van der Waals surface area contributed by atoms with Gasteiger partial charge in [-0.05, 0) is 67.8 Å². The molecule has 42 heavy (non-hydrogen) atoms. The molecule has 7 nitrogen and oxygen atoms in total. The number of Topliss-reactive ketones (excluding diaryl/α,β-unsaturated/α-hetero) is 1. The average Bonchev–Trinajstić information content (AvgIpc) is 2.98. The lowest BCUT2D eigenvalue weighted by atomic mass is 9.87. The van der Waals surface area contributed by atoms with E-state index >= 15 is 4.39 Å². The number of benzene rings is 3. The third kappa shape index (κ3) is 5.70. The van der Waals surface area contributed by atoms with E-state index in [1.807, 2.05) is 42.5 Å². The highest BCUT2D eigenvalue weighted by Crippen LogP contribution is 2.35. The molecule has 1 aliphatic carbocycles. The zero-order chi connectivity index (χ0) is 29.3. The zero-order valence-corrected chi connectivity index (χ0v) is 23.1. The number of pyridine rings is 2. The van der Waals surface area contributed by atoms with Crippen molar-refractivity contribution in [1.82, 2.24) is 9.97 Å². The summed E-state index contributed by atoms with van der Waals surface area (Å²) in [5, 5.41) is 13.7. The SMILES string of the molecule is CC(C)(O)COc1ccc2c(Oc3ccc(Nc4nccc5c4C(=O)C(c4ccccc4)=CC5)cc3F)ccnc2c1. The number of ketones is 1. The van der Waals surface area contributed by atoms with Crippen LogP contribution in [0.2, 0.25) is 0 Å². The molecule has 8 heteroatoms. The molecule has 0 saturated heterocycles. The number of ether oxygens (including phenoxy) is 2. The molecule has 0 amide bonds. The van der Waals surface area contributed by atoms with Gasteiger partial charge in [-0.3, -0.25) is 9.78 Å². The number of aliphatic hydroxyl groups is 1. The minimum atomic E-state index is -0.973. The molecule has 0 bridgehead atoms. The predicted molar refractivity (Wildman–Crippen MR) is 160 cm³/mol. The van der Waals surface area contributed by atoms with Crippen molar-refractivity contribution in [3.63, 3.8) is 0 Å². The maximum atomic E-state index is 15.3. The fourth-order valence-corrected chi connectivity index (χ4v) is 4.78. The van der Waals surface area contributed by atoms with E-state index in [1.54, 1.807) is 56.6 Å². The lowest BCUT2D eigenvalue weighted by Gasteiger charge is -2.19. The summed E-state index contributed by atoms with van der Waals surface area (Å²) in [7, 11) is 0. The molecule has 0 spiro atoms. The van der Waals surface area contributed by atoms with Crippen LogP contribution in [0.5, 0.6) is 17.2 Å². The van der Waals surface area contributed by atoms with Crippen LogP contribution < -0.4 is 14.8 Å². The van der Waals surface area contributed by atoms with Gasteiger partial charge >= 0.3 is 0 Å². The van der Waals surface area contributed by atoms with Crippen LogP contribution in [-0.4, -0.2) is 33.1 Å². The number of nitrogens with one attached hydrogen (secondary N) is 1. The van der Waals surface area contributed by atoms with Gasteiger partial charge in [-0.25, -0.2) is 9.37 Å². The van der Waals surface area contributed by atoms with Gasteiger partial charge in [-0.1, -0.05) is 36.4 Å². The third-order valence-electron chi connectivity index (χ3n) is 6.80. The number of nitrogens with zero attached hydrogens (tertiary/aromatic N) is 2. The Bertz CT molecular complexity index is 1830. The number of carbonyl (C=O) groups is 1. The number of aromatic nitrogens is 2. The van der Waals surface area contributed by atoms with E-state index in [-0.39, 0.29) is 18.1 Å². The molecule has 2 heterocycles. The summed E-state index contributed by atoms with van der Waals surface area (Å²) in [6.07, 6.45) is 5.74. The van der Waals surface area contributed by atoms with E-state index in [2.05, 4.69) is 15.3 Å². The van der Waals surface area contributed by atoms with Gasteiger partial charge in [0, 0.05) is 41.2 Å². The molecular formula is C34H28FN3O4. The standard InChI is InChI=1S/C34H28FN3O4/c1-34(2,40)20-41-24-10-12-26-28(19-24)36-17-15-29(26)42-30-13-9-23(18-27(30)35)38-33-31-22(14-16-37-33)8-11-25(32(31)39)21-6-4-3-5-7-21/h3-7,9-19,40H,8,20H2,1-2H3,(H,37,38). The number of hydrogen-bond acceptors (Lipinski definition) is 7. The first kappa shape index (κ1) is 27.1. The number of halogens is 1. The number of carbonyl (C=O) groups excluding carboxylic acids is 1. The van der Waals surface area contributed by atoms with Gasteiger partial charge in [-0.15, -0.1) is 0 Å². The molecule has 0 unspecified atom stereocenters. The van der Waals surface area contributed by atoms with Crippen LogP contribution in [0.4, 0.5) is 15.9 Å². The van der Waals surface area contributed by atoms with Gasteiger partial charge in [0.15, 0.2) is 17.3 Å². The average molecular weight is 562 g/mol. The van der Waals surface area contributed by atoms with Crippen LogP contribution in [0.3, 0.4) is 0 Å². The summed E-state index contributed by atoms with van der Waals surface area (Å²) in [5.74, 6) is 0.669. The highest BCUT2D eigenvalue weighted by atomic mass is 19.1. The first-order chi connectivity index (χ1) is 20.2. The summed E-state index contributed by atoms with van der Waals surface area (Å²) < 4.78 is 26.9. The van der Waals surface area contributed by atoms with Crippen LogP contribution in [0.25, 0.3) is 16.5 Å². The van der Waals surface area contributed by atoms with Crippen molar-refractivity contribution in [3.05, 3.63) is 120 Å². The molecule has 0 atom stereocenters. The Balaban J connectivity index is 1.22. The number of hydrogen-bond donors (Lipinski definition) is 2. The molecule has 0 fully saturated rings. The van der Waals surface area contributed by atoms with Crippen LogP contribution in [0.1, 0.15) is 35.3 Å². The molecule has 210 valence electrons. The van der Waals surface area contributed by atoms with E-state index in [4.69, 9.17) is 9.47 Å². The summed E-state index contributed by atoms with van der Waals surface area (Å²) in [6, 6.07) is 22.8. The quantitative estimate of drug-likeness (QED) is 0.206. The molecule has 0 saturated carbocycles. The lowest BCUT2D eigenvalue weighted by Crippen LogP contribution is -2.27. The van der Waals surface area contributed by atoms with Gasteiger partial charge < -0.3 is 19.9 Å². The predicted octanol–water partition coefficient (Wildman–Crippen LogP) is 7.28. The molecule has 0 radical (unpaired) electrons. The Labute approximate surface area is 242 Å². The normalized spacial score (nSPS) is 13.0. The highest BCUT2D eigenvalue weighted by molar-refractivity contribution is 6.32. The Morgan fingerprint density at radius 2 is 1.76 bits per heavy atom. The highest BCUT2D eigenvalue weighted by Gasteiger charge is 2.25. The smallest absolute Gasteiger partial charge is 0.197 e. The van der Waals surface area contributed by atoms with Gasteiger partial charge in [0.05, 0.1) is 16.7 Å². The van der Waals surface area contributed by atoms with Crippen LogP contribution >= 0.6 is 0 Å². The molecule has 6 rings (SSSR count). The van der Waals surface area contributed by atoms with Crippen molar-refractivity contribution >= 4 is 33.8 Å². The van der Waals surface area contributed by atoms with E-state index in [0.717, 1.165) is 11.1 Å². The second-order valence-electron chi connectivity index (χ2n) is 10.7. The van der Waals surface area contributed by atoms with E-state index in [1.165, 1.54) is 12.1 Å². The van der Waals surface area contributed by atoms with Crippen molar-refractivity contribution in [2.45, 2.75) is 25.9 Å². The van der Waals surface area contributed by atoms with Crippen molar-refractivity contribution < 1.29 is 23.8 Å². The first-order valence-electron chi connectivity index (χ1n) is 13.5. The first-order valence-corrected chi connectivity index (χ1v) is 13.5. The number of anilines is 2. The fraction of sp³-hybridized carbons (Fsp3) is 0.147. The molecule has 1 aliphatic rings. The summed E-state index contributed by atoms with van der Waals surface area (Å²) >= 11 is 0. The van der Waals surface area contributed by atoms with Gasteiger partial charge in [0.25, 0.3) is 0 Å². The fourth-order valence-electron chi connectivity index (χ4n) is 4.78. The molecule has 5 aromatic rings. The van der Waals surface area contributed by atoms with Gasteiger partial charge in [0.1, 0.15) is 23.9 Å². The maximum Gasteiger partial charge on any atom is 0.197 e. The number of rotatable bonds is 8. The maximum absolute atomic E-state index is 15.3. The van der Waals surface area contributed by atoms with Crippen LogP contribution in [0, 0.1) is 5.82 Å². The molecular weight excluding hydrogens is 533 g/mol. The van der Waals surface area contributed by atoms with Crippen LogP contribution in [-0.2, 0) is 6.42 Å². The van der Waals surface area contributed by atoms with E-state index in [0.29, 0.717) is 51.5 Å². The molecule has 0 aliphatic heterocycles. The lowest BCUT2D eigenvalue weighted by molar-refractivity contribution is 0.0285. The van der Waals surface area contributed by atoms with Gasteiger partial charge in [-0.2, -0.15) is 0 Å². The summed E-state index contributed by atoms with van der Waals surface area (Å²) in [6.45, 7) is 3.45. The van der Waals surface area contributed by atoms with Gasteiger partial charge in [0.2, 0.25) is 0 Å². The Hall–Kier alpha value is -5.08. The number of allylic oxidation sites excluding steroid dienone is 2. The second-order valence-corrected chi connectivity index (χ2v) is 10.7. The number of fused-ring (bicyclic) bond motifs is 2. The van der Waals surface area contributed by atoms with Crippen molar-refractivity contribution in [3.8, 4) is 17.2 Å².